The van der Waals surface area contributed by atoms with Gasteiger partial charge < -0.3 is 5.73 Å². The fourth-order valence-corrected chi connectivity index (χ4v) is 1.92. The van der Waals surface area contributed by atoms with Gasteiger partial charge in [-0.25, -0.2) is 9.98 Å². The van der Waals surface area contributed by atoms with Crippen LogP contribution in [0.3, 0.4) is 0 Å². The lowest BCUT2D eigenvalue weighted by Crippen LogP contribution is -2.31. The van der Waals surface area contributed by atoms with E-state index in [1.165, 1.54) is 11.3 Å². The van der Waals surface area contributed by atoms with Crippen LogP contribution in [0.25, 0.3) is 0 Å². The molecule has 2 heterocycles. The second-order valence-corrected chi connectivity index (χ2v) is 3.62. The molecule has 3 N–H and O–H groups in total. The molecule has 1 aromatic heterocycles. The minimum atomic E-state index is -0.543. The van der Waals surface area contributed by atoms with Gasteiger partial charge in [-0.1, -0.05) is 0 Å². The van der Waals surface area contributed by atoms with Crippen molar-refractivity contribution in [2.45, 2.75) is 13.0 Å². The first kappa shape index (κ1) is 8.18. The highest BCUT2D eigenvalue weighted by molar-refractivity contribution is 7.09. The number of nitrogens with two attached hydrogens (primary N) is 1. The number of thiazole rings is 1. The average molecular weight is 196 g/mol. The molecular weight excluding hydrogens is 188 g/mol. The number of aliphatic imine (C=N–C) groups is 1. The first-order valence-corrected chi connectivity index (χ1v) is 4.61. The van der Waals surface area contributed by atoms with E-state index in [0.29, 0.717) is 5.01 Å². The molecule has 0 fully saturated rings. The molecule has 2 rings (SSSR count). The molecule has 1 atom stereocenters. The number of hydrogen-bond donors (Lipinski definition) is 2. The number of nitrogens with one attached hydrogen (secondary N) is 1. The minimum Gasteiger partial charge on any atom is -0.370 e. The molecule has 1 amide bonds. The Bertz CT molecular complexity index is 384. The van der Waals surface area contributed by atoms with Crippen LogP contribution in [0.1, 0.15) is 16.7 Å². The van der Waals surface area contributed by atoms with Crippen molar-refractivity contribution in [3.63, 3.8) is 0 Å². The van der Waals surface area contributed by atoms with Crippen molar-refractivity contribution in [1.29, 1.82) is 0 Å². The summed E-state index contributed by atoms with van der Waals surface area (Å²) >= 11 is 1.42. The van der Waals surface area contributed by atoms with Gasteiger partial charge >= 0.3 is 0 Å². The van der Waals surface area contributed by atoms with Crippen LogP contribution >= 0.6 is 11.3 Å². The van der Waals surface area contributed by atoms with Crippen molar-refractivity contribution < 1.29 is 4.79 Å². The summed E-state index contributed by atoms with van der Waals surface area (Å²) < 4.78 is 0. The summed E-state index contributed by atoms with van der Waals surface area (Å²) in [5, 5.41) is 5.00. The monoisotopic (exact) mass is 196 g/mol. The Balaban J connectivity index is 2.32. The normalized spacial score (nSPS) is 21.5. The average Bonchev–Trinajstić information content (AvgIpc) is 2.58. The highest BCUT2D eigenvalue weighted by Gasteiger charge is 2.28. The summed E-state index contributed by atoms with van der Waals surface area (Å²) in [6.07, 6.45) is 0. The van der Waals surface area contributed by atoms with Gasteiger partial charge in [-0.05, 0) is 6.92 Å². The van der Waals surface area contributed by atoms with Crippen molar-refractivity contribution in [2.24, 2.45) is 10.7 Å². The maximum absolute atomic E-state index is 11.3. The van der Waals surface area contributed by atoms with E-state index in [-0.39, 0.29) is 11.9 Å². The third-order valence-electron chi connectivity index (χ3n) is 1.64. The number of aryl methyl sites for hydroxylation is 1. The summed E-state index contributed by atoms with van der Waals surface area (Å²) in [5.74, 6) is -0.0327. The molecule has 0 saturated carbocycles. The number of aromatic nitrogens is 1. The Morgan fingerprint density at radius 1 is 1.69 bits per heavy atom. The molecule has 1 aliphatic heterocycles. The molecule has 0 bridgehead atoms. The highest BCUT2D eigenvalue weighted by Crippen LogP contribution is 2.23. The molecule has 1 unspecified atom stereocenters. The second-order valence-electron chi connectivity index (χ2n) is 2.73. The molecule has 0 radical (unpaired) electrons. The van der Waals surface area contributed by atoms with Crippen LogP contribution in [0.15, 0.2) is 10.4 Å². The number of hydrogen-bond acceptors (Lipinski definition) is 5. The van der Waals surface area contributed by atoms with E-state index in [0.717, 1.165) is 5.69 Å². The maximum Gasteiger partial charge on any atom is 0.258 e. The fourth-order valence-electron chi connectivity index (χ4n) is 1.09. The van der Waals surface area contributed by atoms with Crippen LogP contribution in [-0.4, -0.2) is 16.9 Å². The summed E-state index contributed by atoms with van der Waals surface area (Å²) in [6.45, 7) is 1.87. The van der Waals surface area contributed by atoms with Crippen LogP contribution in [0.5, 0.6) is 0 Å². The van der Waals surface area contributed by atoms with Crippen LogP contribution in [0, 0.1) is 6.92 Å². The van der Waals surface area contributed by atoms with Gasteiger partial charge in [0.15, 0.2) is 12.0 Å². The molecule has 5 nitrogen and oxygen atoms in total. The number of carbonyl (C=O) groups excluding carboxylic acids is 1. The van der Waals surface area contributed by atoms with E-state index in [1.807, 2.05) is 12.3 Å². The lowest BCUT2D eigenvalue weighted by molar-refractivity contribution is -0.120. The molecule has 1 aromatic rings. The van der Waals surface area contributed by atoms with Gasteiger partial charge in [0.1, 0.15) is 5.01 Å². The van der Waals surface area contributed by atoms with E-state index in [4.69, 9.17) is 5.73 Å². The van der Waals surface area contributed by atoms with E-state index < -0.39 is 6.04 Å². The number of guanidine groups is 1. The Labute approximate surface area is 78.7 Å². The summed E-state index contributed by atoms with van der Waals surface area (Å²) in [6, 6.07) is -0.543. The third-order valence-corrected chi connectivity index (χ3v) is 2.65. The Morgan fingerprint density at radius 2 is 2.46 bits per heavy atom. The minimum absolute atomic E-state index is 0.169. The lowest BCUT2D eigenvalue weighted by atomic mass is 10.3. The SMILES string of the molecule is Cc1csc(C2N=C(N)NC2=O)n1. The first-order chi connectivity index (χ1) is 6.16. The third kappa shape index (κ3) is 1.40. The van der Waals surface area contributed by atoms with Gasteiger partial charge in [-0.15, -0.1) is 11.3 Å². The molecule has 68 valence electrons. The fraction of sp³-hybridized carbons (Fsp3) is 0.286. The zero-order chi connectivity index (χ0) is 9.42. The maximum atomic E-state index is 11.3. The standard InChI is InChI=1S/C7H8N4OS/c1-3-2-13-6(9-3)4-5(12)11-7(8)10-4/h2,4H,1H3,(H3,8,10,11,12). The lowest BCUT2D eigenvalue weighted by Gasteiger charge is -1.97. The summed E-state index contributed by atoms with van der Waals surface area (Å²) in [4.78, 5) is 19.4. The van der Waals surface area contributed by atoms with Crippen LogP contribution in [-0.2, 0) is 4.79 Å². The van der Waals surface area contributed by atoms with Gasteiger partial charge in [0.05, 0.1) is 0 Å². The van der Waals surface area contributed by atoms with Gasteiger partial charge in [-0.3, -0.25) is 10.1 Å². The van der Waals surface area contributed by atoms with Crippen molar-refractivity contribution >= 4 is 23.2 Å². The van der Waals surface area contributed by atoms with Gasteiger partial charge in [0.25, 0.3) is 5.91 Å². The number of nitrogens with zero attached hydrogens (tertiary/aromatic N) is 2. The predicted octanol–water partition coefficient (Wildman–Crippen LogP) is -0.0629. The molecule has 13 heavy (non-hydrogen) atoms. The largest absolute Gasteiger partial charge is 0.370 e. The Kier molecular flexibility index (Phi) is 1.77. The molecule has 0 spiro atoms. The van der Waals surface area contributed by atoms with E-state index in [2.05, 4.69) is 15.3 Å². The smallest absolute Gasteiger partial charge is 0.258 e. The van der Waals surface area contributed by atoms with E-state index >= 15 is 0 Å². The molecule has 0 aromatic carbocycles. The van der Waals surface area contributed by atoms with Gasteiger partial charge in [0.2, 0.25) is 0 Å². The van der Waals surface area contributed by atoms with Gasteiger partial charge in [-0.2, -0.15) is 0 Å². The topological polar surface area (TPSA) is 80.4 Å². The van der Waals surface area contributed by atoms with Crippen LogP contribution in [0.2, 0.25) is 0 Å². The number of rotatable bonds is 1. The quantitative estimate of drug-likeness (QED) is 0.660. The molecule has 1 aliphatic rings. The first-order valence-electron chi connectivity index (χ1n) is 3.73. The zero-order valence-corrected chi connectivity index (χ0v) is 7.76. The summed E-state index contributed by atoms with van der Waals surface area (Å²) in [5.41, 5.74) is 6.25. The highest BCUT2D eigenvalue weighted by atomic mass is 32.1. The van der Waals surface area contributed by atoms with Crippen molar-refractivity contribution in [3.05, 3.63) is 16.1 Å². The van der Waals surface area contributed by atoms with Crippen molar-refractivity contribution in [2.75, 3.05) is 0 Å². The second kappa shape index (κ2) is 2.81. The molecule has 0 aliphatic carbocycles. The molecular formula is C7H8N4OS. The van der Waals surface area contributed by atoms with Crippen LogP contribution in [0.4, 0.5) is 0 Å². The Morgan fingerprint density at radius 3 is 2.92 bits per heavy atom. The number of amides is 1. The van der Waals surface area contributed by atoms with E-state index in [1.54, 1.807) is 0 Å². The van der Waals surface area contributed by atoms with Crippen molar-refractivity contribution in [3.8, 4) is 0 Å². The van der Waals surface area contributed by atoms with Crippen molar-refractivity contribution in [1.82, 2.24) is 10.3 Å². The number of carbonyl (C=O) groups is 1. The van der Waals surface area contributed by atoms with E-state index in [9.17, 15) is 4.79 Å². The molecule has 0 saturated heterocycles. The predicted molar refractivity (Wildman–Crippen MR) is 49.4 cm³/mol. The zero-order valence-electron chi connectivity index (χ0n) is 6.94. The molecule has 6 heteroatoms. The van der Waals surface area contributed by atoms with Gasteiger partial charge in [0, 0.05) is 11.1 Å². The van der Waals surface area contributed by atoms with Crippen LogP contribution < -0.4 is 11.1 Å². The Hall–Kier alpha value is -1.43. The summed E-state index contributed by atoms with van der Waals surface area (Å²) in [7, 11) is 0.